The summed E-state index contributed by atoms with van der Waals surface area (Å²) in [4.78, 5) is 4.20. The number of hydrogen-bond acceptors (Lipinski definition) is 2. The summed E-state index contributed by atoms with van der Waals surface area (Å²) >= 11 is 0. The fourth-order valence-corrected chi connectivity index (χ4v) is 1.73. The summed E-state index contributed by atoms with van der Waals surface area (Å²) in [5.41, 5.74) is 1.22. The van der Waals surface area contributed by atoms with Crippen LogP contribution in [0.15, 0.2) is 18.6 Å². The molecule has 1 atom stereocenters. The molecule has 0 amide bonds. The Balaban J connectivity index is 1.99. The Morgan fingerprint density at radius 2 is 2.47 bits per heavy atom. The van der Waals surface area contributed by atoms with Gasteiger partial charge < -0.3 is 9.88 Å². The molecule has 1 heterocycles. The number of likely N-dealkylation sites (N-methyl/N-ethyl adjacent to an activating group) is 1. The van der Waals surface area contributed by atoms with Gasteiger partial charge >= 0.3 is 0 Å². The van der Waals surface area contributed by atoms with Gasteiger partial charge in [0.05, 0.1) is 18.2 Å². The van der Waals surface area contributed by atoms with Crippen molar-refractivity contribution in [3.8, 4) is 0 Å². The van der Waals surface area contributed by atoms with Gasteiger partial charge in [-0.15, -0.1) is 0 Å². The molecule has 1 aliphatic rings. The molecule has 2 rings (SSSR count). The maximum absolute atomic E-state index is 4.20. The number of nitrogens with one attached hydrogen (secondary N) is 1. The van der Waals surface area contributed by atoms with E-state index in [1.165, 1.54) is 18.5 Å². The Morgan fingerprint density at radius 3 is 3.13 bits per heavy atom. The van der Waals surface area contributed by atoms with Gasteiger partial charge in [0.15, 0.2) is 0 Å². The Bertz CT molecular complexity index is 336. The third-order valence-electron chi connectivity index (χ3n) is 2.72. The summed E-state index contributed by atoms with van der Waals surface area (Å²) in [6, 6.07) is 1.14. The zero-order chi connectivity index (χ0) is 10.7. The first-order valence-corrected chi connectivity index (χ1v) is 5.74. The smallest absolute Gasteiger partial charge is 0.0953 e. The number of aromatic nitrogens is 2. The van der Waals surface area contributed by atoms with E-state index in [1.807, 2.05) is 12.5 Å². The molecule has 0 radical (unpaired) electrons. The molecular formula is C12H19N3. The van der Waals surface area contributed by atoms with Crippen molar-refractivity contribution in [2.24, 2.45) is 0 Å². The zero-order valence-corrected chi connectivity index (χ0v) is 9.48. The molecule has 1 fully saturated rings. The van der Waals surface area contributed by atoms with Crippen molar-refractivity contribution in [1.29, 1.82) is 0 Å². The fraction of sp³-hybridized carbons (Fsp3) is 0.583. The van der Waals surface area contributed by atoms with E-state index in [1.54, 1.807) is 0 Å². The summed E-state index contributed by atoms with van der Waals surface area (Å²) in [5.74, 6) is 0. The van der Waals surface area contributed by atoms with Gasteiger partial charge in [0.25, 0.3) is 0 Å². The van der Waals surface area contributed by atoms with E-state index in [-0.39, 0.29) is 0 Å². The van der Waals surface area contributed by atoms with Gasteiger partial charge in [0, 0.05) is 12.1 Å². The minimum atomic E-state index is 0.428. The van der Waals surface area contributed by atoms with Crippen LogP contribution in [0.2, 0.25) is 0 Å². The molecule has 82 valence electrons. The molecular weight excluding hydrogens is 186 g/mol. The van der Waals surface area contributed by atoms with Gasteiger partial charge in [0.2, 0.25) is 0 Å². The van der Waals surface area contributed by atoms with Crippen molar-refractivity contribution < 1.29 is 0 Å². The first kappa shape index (κ1) is 10.4. The van der Waals surface area contributed by atoms with E-state index in [9.17, 15) is 0 Å². The molecule has 1 aromatic rings. The van der Waals surface area contributed by atoms with Crippen molar-refractivity contribution >= 4 is 6.08 Å². The van der Waals surface area contributed by atoms with Crippen LogP contribution in [0.25, 0.3) is 6.08 Å². The SMILES string of the molecule is CCNC(C)/C=C/c1cncn1C1CC1. The van der Waals surface area contributed by atoms with E-state index in [2.05, 4.69) is 40.9 Å². The monoisotopic (exact) mass is 205 g/mol. The molecule has 3 nitrogen and oxygen atoms in total. The molecule has 0 bridgehead atoms. The second-order valence-electron chi connectivity index (χ2n) is 4.16. The third kappa shape index (κ3) is 2.69. The van der Waals surface area contributed by atoms with Crippen LogP contribution in [0.3, 0.4) is 0 Å². The first-order valence-electron chi connectivity index (χ1n) is 5.74. The van der Waals surface area contributed by atoms with Crippen LogP contribution >= 0.6 is 0 Å². The zero-order valence-electron chi connectivity index (χ0n) is 9.48. The number of rotatable bonds is 5. The van der Waals surface area contributed by atoms with Crippen molar-refractivity contribution in [3.05, 3.63) is 24.3 Å². The van der Waals surface area contributed by atoms with Gasteiger partial charge in [-0.25, -0.2) is 4.98 Å². The van der Waals surface area contributed by atoms with Gasteiger partial charge in [-0.3, -0.25) is 0 Å². The largest absolute Gasteiger partial charge is 0.328 e. The van der Waals surface area contributed by atoms with E-state index >= 15 is 0 Å². The lowest BCUT2D eigenvalue weighted by Crippen LogP contribution is -2.22. The van der Waals surface area contributed by atoms with Gasteiger partial charge in [-0.1, -0.05) is 13.0 Å². The summed E-state index contributed by atoms with van der Waals surface area (Å²) in [6.45, 7) is 5.30. The molecule has 1 aliphatic carbocycles. The molecule has 0 aliphatic heterocycles. The van der Waals surface area contributed by atoms with Crippen LogP contribution in [0.5, 0.6) is 0 Å². The first-order chi connectivity index (χ1) is 7.31. The van der Waals surface area contributed by atoms with Crippen LogP contribution in [-0.2, 0) is 0 Å². The van der Waals surface area contributed by atoms with Gasteiger partial charge in [-0.2, -0.15) is 0 Å². The molecule has 15 heavy (non-hydrogen) atoms. The quantitative estimate of drug-likeness (QED) is 0.799. The normalized spacial score (nSPS) is 18.5. The second-order valence-corrected chi connectivity index (χ2v) is 4.16. The summed E-state index contributed by atoms with van der Waals surface area (Å²) in [7, 11) is 0. The van der Waals surface area contributed by atoms with Crippen molar-refractivity contribution in [2.75, 3.05) is 6.54 Å². The van der Waals surface area contributed by atoms with E-state index in [4.69, 9.17) is 0 Å². The Hall–Kier alpha value is -1.09. The second kappa shape index (κ2) is 4.62. The summed E-state index contributed by atoms with van der Waals surface area (Å²) in [5, 5.41) is 3.36. The topological polar surface area (TPSA) is 29.9 Å². The van der Waals surface area contributed by atoms with E-state index in [0.29, 0.717) is 12.1 Å². The predicted molar refractivity (Wildman–Crippen MR) is 62.7 cm³/mol. The lowest BCUT2D eigenvalue weighted by Gasteiger charge is -2.06. The lowest BCUT2D eigenvalue weighted by atomic mass is 10.2. The molecule has 0 spiro atoms. The number of imidazole rings is 1. The Morgan fingerprint density at radius 1 is 1.67 bits per heavy atom. The van der Waals surface area contributed by atoms with Crippen molar-refractivity contribution in [2.45, 2.75) is 38.8 Å². The summed E-state index contributed by atoms with van der Waals surface area (Å²) in [6.07, 6.45) is 10.8. The maximum atomic E-state index is 4.20. The van der Waals surface area contributed by atoms with Gasteiger partial charge in [0.1, 0.15) is 0 Å². The van der Waals surface area contributed by atoms with Crippen LogP contribution in [0.4, 0.5) is 0 Å². The highest BCUT2D eigenvalue weighted by molar-refractivity contribution is 5.45. The maximum Gasteiger partial charge on any atom is 0.0953 e. The van der Waals surface area contributed by atoms with Crippen LogP contribution in [0.1, 0.15) is 38.4 Å². The number of nitrogens with zero attached hydrogens (tertiary/aromatic N) is 2. The highest BCUT2D eigenvalue weighted by atomic mass is 15.1. The number of hydrogen-bond donors (Lipinski definition) is 1. The summed E-state index contributed by atoms with van der Waals surface area (Å²) < 4.78 is 2.27. The molecule has 1 N–H and O–H groups in total. The molecule has 0 saturated heterocycles. The fourth-order valence-electron chi connectivity index (χ4n) is 1.73. The minimum Gasteiger partial charge on any atom is -0.328 e. The average Bonchev–Trinajstić information content (AvgIpc) is 2.96. The van der Waals surface area contributed by atoms with E-state index in [0.717, 1.165) is 6.54 Å². The third-order valence-corrected chi connectivity index (χ3v) is 2.72. The highest BCUT2D eigenvalue weighted by Crippen LogP contribution is 2.35. The van der Waals surface area contributed by atoms with Crippen LogP contribution in [-0.4, -0.2) is 22.1 Å². The van der Waals surface area contributed by atoms with Crippen molar-refractivity contribution in [1.82, 2.24) is 14.9 Å². The molecule has 1 unspecified atom stereocenters. The Labute approximate surface area is 91.2 Å². The van der Waals surface area contributed by atoms with E-state index < -0.39 is 0 Å². The lowest BCUT2D eigenvalue weighted by molar-refractivity contribution is 0.662. The Kier molecular flexibility index (Phi) is 3.21. The van der Waals surface area contributed by atoms with Gasteiger partial charge in [-0.05, 0) is 32.4 Å². The molecule has 3 heteroatoms. The van der Waals surface area contributed by atoms with Crippen LogP contribution in [0, 0.1) is 0 Å². The molecule has 1 saturated carbocycles. The van der Waals surface area contributed by atoms with Crippen LogP contribution < -0.4 is 5.32 Å². The predicted octanol–water partition coefficient (Wildman–Crippen LogP) is 2.23. The van der Waals surface area contributed by atoms with Crippen molar-refractivity contribution in [3.63, 3.8) is 0 Å². The standard InChI is InChI=1S/C12H19N3/c1-3-14-10(2)4-5-12-8-13-9-15(12)11-6-7-11/h4-5,8-11,14H,3,6-7H2,1-2H3/b5-4+. The highest BCUT2D eigenvalue weighted by Gasteiger charge is 2.24. The molecule has 0 aromatic carbocycles. The minimum absolute atomic E-state index is 0.428. The average molecular weight is 205 g/mol. The molecule has 1 aromatic heterocycles.